The van der Waals surface area contributed by atoms with Gasteiger partial charge in [-0.15, -0.1) is 0 Å². The van der Waals surface area contributed by atoms with Crippen molar-refractivity contribution in [3.8, 4) is 0 Å². The topological polar surface area (TPSA) is 79.4 Å². The smallest absolute Gasteiger partial charge is 0.257 e. The zero-order valence-electron chi connectivity index (χ0n) is 13.3. The number of sulfone groups is 1. The van der Waals surface area contributed by atoms with E-state index in [-0.39, 0.29) is 23.5 Å². The minimum absolute atomic E-state index is 0.0794. The minimum Gasteiger partial charge on any atom is -0.369 e. The Balaban J connectivity index is 1.75. The molecule has 24 heavy (non-hydrogen) atoms. The maximum atomic E-state index is 12.3. The van der Waals surface area contributed by atoms with Gasteiger partial charge in [0.15, 0.2) is 9.84 Å². The number of nitrogens with zero attached hydrogens (tertiary/aromatic N) is 2. The molecule has 1 aromatic carbocycles. The summed E-state index contributed by atoms with van der Waals surface area (Å²) in [5.74, 6) is 0.107. The summed E-state index contributed by atoms with van der Waals surface area (Å²) in [6.07, 6.45) is 3.74. The van der Waals surface area contributed by atoms with Crippen molar-refractivity contribution in [2.45, 2.75) is 12.5 Å². The largest absolute Gasteiger partial charge is 0.369 e. The molecule has 0 bridgehead atoms. The number of carbonyl (C=O) groups excluding carboxylic acids is 1. The third kappa shape index (κ3) is 3.73. The SMILES string of the molecule is CN(c1cncc(C(=O)Nc2ccccc2)c1)C1CCS(=O)(=O)C1. The summed E-state index contributed by atoms with van der Waals surface area (Å²) in [5, 5.41) is 2.81. The molecule has 3 rings (SSSR count). The van der Waals surface area contributed by atoms with Gasteiger partial charge in [-0.2, -0.15) is 0 Å². The Labute approximate surface area is 141 Å². The molecule has 1 unspecified atom stereocenters. The highest BCUT2D eigenvalue weighted by Crippen LogP contribution is 2.23. The highest BCUT2D eigenvalue weighted by Gasteiger charge is 2.31. The lowest BCUT2D eigenvalue weighted by atomic mass is 10.2. The van der Waals surface area contributed by atoms with Crippen molar-refractivity contribution in [2.24, 2.45) is 0 Å². The van der Waals surface area contributed by atoms with Crippen LogP contribution in [0.5, 0.6) is 0 Å². The summed E-state index contributed by atoms with van der Waals surface area (Å²) < 4.78 is 23.3. The van der Waals surface area contributed by atoms with E-state index in [0.29, 0.717) is 17.7 Å². The van der Waals surface area contributed by atoms with Crippen molar-refractivity contribution in [1.29, 1.82) is 0 Å². The predicted molar refractivity (Wildman–Crippen MR) is 94.1 cm³/mol. The van der Waals surface area contributed by atoms with E-state index in [1.807, 2.05) is 42.3 Å². The maximum absolute atomic E-state index is 12.3. The summed E-state index contributed by atoms with van der Waals surface area (Å²) in [4.78, 5) is 18.4. The molecular weight excluding hydrogens is 326 g/mol. The minimum atomic E-state index is -2.96. The number of benzene rings is 1. The van der Waals surface area contributed by atoms with Gasteiger partial charge < -0.3 is 10.2 Å². The number of rotatable bonds is 4. The van der Waals surface area contributed by atoms with Gasteiger partial charge in [-0.3, -0.25) is 9.78 Å². The lowest BCUT2D eigenvalue weighted by molar-refractivity contribution is 0.102. The number of aromatic nitrogens is 1. The number of pyridine rings is 1. The van der Waals surface area contributed by atoms with Gasteiger partial charge in [0.2, 0.25) is 0 Å². The van der Waals surface area contributed by atoms with Crippen LogP contribution in [0.1, 0.15) is 16.8 Å². The van der Waals surface area contributed by atoms with Gasteiger partial charge >= 0.3 is 0 Å². The maximum Gasteiger partial charge on any atom is 0.257 e. The van der Waals surface area contributed by atoms with Crippen molar-refractivity contribution in [1.82, 2.24) is 4.98 Å². The normalized spacial score (nSPS) is 19.0. The number of amides is 1. The number of carbonyl (C=O) groups is 1. The standard InChI is InChI=1S/C17H19N3O3S/c1-20(15-7-8-24(22,23)12-15)16-9-13(10-18-11-16)17(21)19-14-5-3-2-4-6-14/h2-6,9-11,15H,7-8,12H2,1H3,(H,19,21). The van der Waals surface area contributed by atoms with E-state index in [1.165, 1.54) is 6.20 Å². The molecule has 1 aliphatic heterocycles. The summed E-state index contributed by atoms with van der Waals surface area (Å²) in [5.41, 5.74) is 1.88. The second-order valence-electron chi connectivity index (χ2n) is 5.92. The van der Waals surface area contributed by atoms with Crippen LogP contribution < -0.4 is 10.2 Å². The average Bonchev–Trinajstić information content (AvgIpc) is 2.95. The molecule has 1 fully saturated rings. The van der Waals surface area contributed by atoms with Crippen LogP contribution in [0, 0.1) is 0 Å². The van der Waals surface area contributed by atoms with E-state index in [4.69, 9.17) is 0 Å². The van der Waals surface area contributed by atoms with Crippen LogP contribution in [0.4, 0.5) is 11.4 Å². The van der Waals surface area contributed by atoms with Crippen LogP contribution in [0.25, 0.3) is 0 Å². The van der Waals surface area contributed by atoms with E-state index in [2.05, 4.69) is 10.3 Å². The lowest BCUT2D eigenvalue weighted by Crippen LogP contribution is -2.32. The van der Waals surface area contributed by atoms with Crippen LogP contribution in [-0.4, -0.2) is 43.9 Å². The Morgan fingerprint density at radius 3 is 2.67 bits per heavy atom. The Morgan fingerprint density at radius 2 is 2.00 bits per heavy atom. The molecule has 1 aliphatic rings. The highest BCUT2D eigenvalue weighted by molar-refractivity contribution is 7.91. The number of anilines is 2. The molecule has 1 aromatic heterocycles. The first-order valence-corrected chi connectivity index (χ1v) is 9.51. The zero-order valence-corrected chi connectivity index (χ0v) is 14.2. The first kappa shape index (κ1) is 16.4. The molecule has 0 saturated carbocycles. The zero-order chi connectivity index (χ0) is 17.2. The van der Waals surface area contributed by atoms with Crippen LogP contribution in [0.15, 0.2) is 48.8 Å². The monoisotopic (exact) mass is 345 g/mol. The number of nitrogens with one attached hydrogen (secondary N) is 1. The molecule has 126 valence electrons. The Hall–Kier alpha value is -2.41. The van der Waals surface area contributed by atoms with Gasteiger partial charge in [0.1, 0.15) is 0 Å². The van der Waals surface area contributed by atoms with E-state index >= 15 is 0 Å². The molecular formula is C17H19N3O3S. The van der Waals surface area contributed by atoms with Crippen molar-refractivity contribution in [3.63, 3.8) is 0 Å². The molecule has 0 aliphatic carbocycles. The van der Waals surface area contributed by atoms with Gasteiger partial charge in [0.25, 0.3) is 5.91 Å². The first-order valence-electron chi connectivity index (χ1n) is 7.69. The van der Waals surface area contributed by atoms with Gasteiger partial charge in [0.05, 0.1) is 29.0 Å². The van der Waals surface area contributed by atoms with Crippen molar-refractivity contribution >= 4 is 27.1 Å². The Kier molecular flexibility index (Phi) is 4.53. The molecule has 6 nitrogen and oxygen atoms in total. The molecule has 0 spiro atoms. The number of hydrogen-bond acceptors (Lipinski definition) is 5. The molecule has 1 amide bonds. The summed E-state index contributed by atoms with van der Waals surface area (Å²) in [7, 11) is -1.12. The fraction of sp³-hybridized carbons (Fsp3) is 0.294. The molecule has 2 aromatic rings. The second kappa shape index (κ2) is 6.60. The molecule has 1 atom stereocenters. The predicted octanol–water partition coefficient (Wildman–Crippen LogP) is 1.96. The number of hydrogen-bond donors (Lipinski definition) is 1. The Morgan fingerprint density at radius 1 is 1.25 bits per heavy atom. The van der Waals surface area contributed by atoms with E-state index in [1.54, 1.807) is 12.3 Å². The van der Waals surface area contributed by atoms with Crippen LogP contribution in [0.3, 0.4) is 0 Å². The second-order valence-corrected chi connectivity index (χ2v) is 8.15. The highest BCUT2D eigenvalue weighted by atomic mass is 32.2. The van der Waals surface area contributed by atoms with Gasteiger partial charge in [-0.05, 0) is 24.6 Å². The van der Waals surface area contributed by atoms with Crippen LogP contribution >= 0.6 is 0 Å². The average molecular weight is 345 g/mol. The number of para-hydroxylation sites is 1. The lowest BCUT2D eigenvalue weighted by Gasteiger charge is -2.25. The molecule has 0 radical (unpaired) electrons. The molecule has 1 saturated heterocycles. The van der Waals surface area contributed by atoms with Gasteiger partial charge in [0, 0.05) is 25.0 Å². The molecule has 2 heterocycles. The van der Waals surface area contributed by atoms with Crippen molar-refractivity contribution in [3.05, 3.63) is 54.4 Å². The van der Waals surface area contributed by atoms with E-state index < -0.39 is 9.84 Å². The first-order chi connectivity index (χ1) is 11.4. The van der Waals surface area contributed by atoms with E-state index in [9.17, 15) is 13.2 Å². The fourth-order valence-electron chi connectivity index (χ4n) is 2.76. The summed E-state index contributed by atoms with van der Waals surface area (Å²) in [6.45, 7) is 0. The van der Waals surface area contributed by atoms with E-state index in [0.717, 1.165) is 5.69 Å². The third-order valence-electron chi connectivity index (χ3n) is 4.18. The Bertz CT molecular complexity index is 837. The fourth-order valence-corrected chi connectivity index (χ4v) is 4.54. The third-order valence-corrected chi connectivity index (χ3v) is 5.93. The van der Waals surface area contributed by atoms with Crippen LogP contribution in [-0.2, 0) is 9.84 Å². The molecule has 7 heteroatoms. The van der Waals surface area contributed by atoms with Gasteiger partial charge in [-0.1, -0.05) is 18.2 Å². The van der Waals surface area contributed by atoms with Crippen molar-refractivity contribution in [2.75, 3.05) is 28.8 Å². The summed E-state index contributed by atoms with van der Waals surface area (Å²) in [6, 6.07) is 10.8. The van der Waals surface area contributed by atoms with Crippen molar-refractivity contribution < 1.29 is 13.2 Å². The summed E-state index contributed by atoms with van der Waals surface area (Å²) >= 11 is 0. The quantitative estimate of drug-likeness (QED) is 0.916. The van der Waals surface area contributed by atoms with Gasteiger partial charge in [-0.25, -0.2) is 8.42 Å². The molecule has 1 N–H and O–H groups in total. The van der Waals surface area contributed by atoms with Crippen LogP contribution in [0.2, 0.25) is 0 Å².